The van der Waals surface area contributed by atoms with Crippen LogP contribution in [-0.2, 0) is 0 Å². The molecule has 36 heavy (non-hydrogen) atoms. The lowest BCUT2D eigenvalue weighted by atomic mass is 9.99. The largest absolute Gasteiger partial charge is 0.492 e. The minimum atomic E-state index is -0.203. The van der Waals surface area contributed by atoms with E-state index >= 15 is 0 Å². The molecule has 0 bridgehead atoms. The molecular weight excluding hydrogens is 474 g/mol. The number of halogens is 1. The van der Waals surface area contributed by atoms with E-state index in [1.807, 2.05) is 32.0 Å². The van der Waals surface area contributed by atoms with Gasteiger partial charge in [-0.05, 0) is 63.4 Å². The Morgan fingerprint density at radius 3 is 2.69 bits per heavy atom. The maximum atomic E-state index is 13.4. The SMILES string of the molecule is Cc1cc(C)cc(-c2c(OCC[C@H]3CCCCN3)c3cc(Nc4ccncn4)c(Cl)cc3[nH]c2=O)c1. The zero-order valence-corrected chi connectivity index (χ0v) is 21.3. The van der Waals surface area contributed by atoms with Crippen LogP contribution in [0.3, 0.4) is 0 Å². The lowest BCUT2D eigenvalue weighted by Gasteiger charge is -2.24. The van der Waals surface area contributed by atoms with E-state index in [2.05, 4.69) is 31.7 Å². The summed E-state index contributed by atoms with van der Waals surface area (Å²) >= 11 is 6.59. The number of aromatic nitrogens is 3. The number of hydrogen-bond donors (Lipinski definition) is 3. The van der Waals surface area contributed by atoms with Gasteiger partial charge >= 0.3 is 0 Å². The second kappa shape index (κ2) is 10.7. The van der Waals surface area contributed by atoms with Crippen LogP contribution in [0.15, 0.2) is 53.7 Å². The first-order valence-electron chi connectivity index (χ1n) is 12.4. The Balaban J connectivity index is 1.61. The number of H-pyrrole nitrogens is 1. The molecule has 1 saturated heterocycles. The first kappa shape index (κ1) is 24.3. The van der Waals surface area contributed by atoms with Crippen LogP contribution < -0.4 is 20.9 Å². The molecule has 0 aliphatic carbocycles. The van der Waals surface area contributed by atoms with Gasteiger partial charge in [0.25, 0.3) is 5.56 Å². The number of fused-ring (bicyclic) bond motifs is 1. The van der Waals surface area contributed by atoms with Crippen molar-refractivity contribution in [1.82, 2.24) is 20.3 Å². The average Bonchev–Trinajstić information content (AvgIpc) is 2.85. The van der Waals surface area contributed by atoms with E-state index in [1.165, 1.54) is 19.2 Å². The van der Waals surface area contributed by atoms with Crippen molar-refractivity contribution in [3.05, 3.63) is 75.4 Å². The summed E-state index contributed by atoms with van der Waals surface area (Å²) in [5.74, 6) is 1.19. The Labute approximate surface area is 215 Å². The molecule has 0 saturated carbocycles. The van der Waals surface area contributed by atoms with Crippen LogP contribution in [0, 0.1) is 13.8 Å². The van der Waals surface area contributed by atoms with Gasteiger partial charge in [0.15, 0.2) is 0 Å². The molecule has 0 radical (unpaired) electrons. The summed E-state index contributed by atoms with van der Waals surface area (Å²) in [4.78, 5) is 24.6. The van der Waals surface area contributed by atoms with Gasteiger partial charge in [0, 0.05) is 17.6 Å². The van der Waals surface area contributed by atoms with Gasteiger partial charge < -0.3 is 20.4 Å². The number of anilines is 2. The molecule has 2 aromatic carbocycles. The molecule has 1 atom stereocenters. The highest BCUT2D eigenvalue weighted by Gasteiger charge is 2.20. The van der Waals surface area contributed by atoms with Gasteiger partial charge in [-0.15, -0.1) is 0 Å². The predicted molar refractivity (Wildman–Crippen MR) is 146 cm³/mol. The number of benzene rings is 2. The van der Waals surface area contributed by atoms with Gasteiger partial charge in [0.1, 0.15) is 17.9 Å². The van der Waals surface area contributed by atoms with Gasteiger partial charge in [-0.2, -0.15) is 0 Å². The number of nitrogens with one attached hydrogen (secondary N) is 3. The summed E-state index contributed by atoms with van der Waals surface area (Å²) in [6.45, 7) is 5.61. The predicted octanol–water partition coefficient (Wildman–Crippen LogP) is 5.91. The number of hydrogen-bond acceptors (Lipinski definition) is 6. The zero-order chi connectivity index (χ0) is 25.1. The minimum absolute atomic E-state index is 0.203. The van der Waals surface area contributed by atoms with Crippen molar-refractivity contribution in [2.24, 2.45) is 0 Å². The highest BCUT2D eigenvalue weighted by molar-refractivity contribution is 6.34. The Kier molecular flexibility index (Phi) is 7.20. The van der Waals surface area contributed by atoms with Gasteiger partial charge in [-0.1, -0.05) is 47.3 Å². The fourth-order valence-corrected chi connectivity index (χ4v) is 5.10. The number of aromatic amines is 1. The minimum Gasteiger partial charge on any atom is -0.492 e. The van der Waals surface area contributed by atoms with Crippen molar-refractivity contribution >= 4 is 34.0 Å². The van der Waals surface area contributed by atoms with Gasteiger partial charge in [0.2, 0.25) is 0 Å². The first-order chi connectivity index (χ1) is 17.5. The van der Waals surface area contributed by atoms with Crippen LogP contribution in [-0.4, -0.2) is 34.1 Å². The highest BCUT2D eigenvalue weighted by atomic mass is 35.5. The van der Waals surface area contributed by atoms with Crippen LogP contribution in [0.2, 0.25) is 5.02 Å². The van der Waals surface area contributed by atoms with Gasteiger partial charge in [0.05, 0.1) is 28.4 Å². The molecule has 186 valence electrons. The van der Waals surface area contributed by atoms with Crippen LogP contribution in [0.4, 0.5) is 11.5 Å². The molecule has 8 heteroatoms. The molecule has 7 nitrogen and oxygen atoms in total. The summed E-state index contributed by atoms with van der Waals surface area (Å²) < 4.78 is 6.46. The second-order valence-corrected chi connectivity index (χ2v) is 9.82. The molecule has 1 aliphatic rings. The lowest BCUT2D eigenvalue weighted by Crippen LogP contribution is -2.35. The lowest BCUT2D eigenvalue weighted by molar-refractivity contribution is 0.271. The average molecular weight is 504 g/mol. The van der Waals surface area contributed by atoms with Crippen molar-refractivity contribution < 1.29 is 4.74 Å². The third-order valence-electron chi connectivity index (χ3n) is 6.53. The normalized spacial score (nSPS) is 15.7. The summed E-state index contributed by atoms with van der Waals surface area (Å²) in [7, 11) is 0. The second-order valence-electron chi connectivity index (χ2n) is 9.42. The number of rotatable bonds is 7. The fraction of sp³-hybridized carbons (Fsp3) is 0.321. The van der Waals surface area contributed by atoms with Crippen molar-refractivity contribution in [3.63, 3.8) is 0 Å². The third kappa shape index (κ3) is 5.37. The van der Waals surface area contributed by atoms with Crippen molar-refractivity contribution in [2.75, 3.05) is 18.5 Å². The number of nitrogens with zero attached hydrogens (tertiary/aromatic N) is 2. The van der Waals surface area contributed by atoms with Crippen LogP contribution in [0.5, 0.6) is 5.75 Å². The molecule has 0 unspecified atom stereocenters. The number of piperidine rings is 1. The third-order valence-corrected chi connectivity index (χ3v) is 6.85. The molecule has 0 amide bonds. The van der Waals surface area contributed by atoms with Crippen molar-refractivity contribution in [1.29, 1.82) is 0 Å². The molecule has 1 fully saturated rings. The molecule has 2 aromatic heterocycles. The van der Waals surface area contributed by atoms with Gasteiger partial charge in [-0.3, -0.25) is 4.79 Å². The molecule has 3 N–H and O–H groups in total. The van der Waals surface area contributed by atoms with Crippen LogP contribution in [0.25, 0.3) is 22.0 Å². The van der Waals surface area contributed by atoms with E-state index in [1.54, 1.807) is 18.3 Å². The quantitative estimate of drug-likeness (QED) is 0.290. The molecule has 4 aromatic rings. The highest BCUT2D eigenvalue weighted by Crippen LogP contribution is 2.38. The van der Waals surface area contributed by atoms with Crippen LogP contribution >= 0.6 is 11.6 Å². The molecule has 3 heterocycles. The van der Waals surface area contributed by atoms with E-state index in [0.29, 0.717) is 46.0 Å². The summed E-state index contributed by atoms with van der Waals surface area (Å²) in [6.07, 6.45) is 7.60. The number of ether oxygens (including phenoxy) is 1. The monoisotopic (exact) mass is 503 g/mol. The molecule has 1 aliphatic heterocycles. The van der Waals surface area contributed by atoms with Crippen molar-refractivity contribution in [3.8, 4) is 16.9 Å². The topological polar surface area (TPSA) is 91.9 Å². The summed E-state index contributed by atoms with van der Waals surface area (Å²) in [5.41, 5.74) is 4.62. The Morgan fingerprint density at radius 2 is 1.97 bits per heavy atom. The van der Waals surface area contributed by atoms with Crippen LogP contribution in [0.1, 0.15) is 36.8 Å². The first-order valence-corrected chi connectivity index (χ1v) is 12.7. The molecular formula is C28H30ClN5O2. The smallest absolute Gasteiger partial charge is 0.260 e. The number of pyridine rings is 1. The molecule has 5 rings (SSSR count). The Bertz CT molecular complexity index is 1410. The maximum Gasteiger partial charge on any atom is 0.260 e. The molecule has 0 spiro atoms. The van der Waals surface area contributed by atoms with Crippen molar-refractivity contribution in [2.45, 2.75) is 45.6 Å². The van der Waals surface area contributed by atoms with Gasteiger partial charge in [-0.25, -0.2) is 9.97 Å². The zero-order valence-electron chi connectivity index (χ0n) is 20.5. The summed E-state index contributed by atoms with van der Waals surface area (Å²) in [5, 5.41) is 8.07. The van der Waals surface area contributed by atoms with E-state index < -0.39 is 0 Å². The maximum absolute atomic E-state index is 13.4. The van der Waals surface area contributed by atoms with E-state index in [4.69, 9.17) is 16.3 Å². The Morgan fingerprint density at radius 1 is 1.14 bits per heavy atom. The van der Waals surface area contributed by atoms with E-state index in [9.17, 15) is 4.79 Å². The fourth-order valence-electron chi connectivity index (χ4n) is 4.89. The van der Waals surface area contributed by atoms with E-state index in [0.717, 1.165) is 41.5 Å². The number of aryl methyl sites for hydroxylation is 2. The Hall–Kier alpha value is -3.42. The van der Waals surface area contributed by atoms with E-state index in [-0.39, 0.29) is 5.56 Å². The summed E-state index contributed by atoms with van der Waals surface area (Å²) in [6, 6.07) is 12.0. The standard InChI is InChI=1S/C28H30ClN5O2/c1-17-11-18(2)13-19(12-17)26-27(36-10-7-20-5-3-4-8-31-20)21-14-24(33-25-6-9-30-16-32-25)22(29)15-23(21)34-28(26)35/h6,9,11-16,20,31H,3-5,7-8,10H2,1-2H3,(H,34,35)(H,30,32,33)/t20-/m1/s1.